The summed E-state index contributed by atoms with van der Waals surface area (Å²) >= 11 is 0. The number of hydrogen-bond donors (Lipinski definition) is 2. The van der Waals surface area contributed by atoms with Crippen molar-refractivity contribution >= 4 is 39.1 Å². The minimum atomic E-state index is -1.36. The van der Waals surface area contributed by atoms with Crippen LogP contribution in [-0.2, 0) is 23.6 Å². The zero-order chi connectivity index (χ0) is 37.3. The van der Waals surface area contributed by atoms with Gasteiger partial charge in [0.1, 0.15) is 11.6 Å². The molecule has 1 amide bonds. The number of H-pyrrole nitrogens is 1. The summed E-state index contributed by atoms with van der Waals surface area (Å²) in [4.78, 5) is 20.9. The number of nitrogens with zero attached hydrogens (tertiary/aromatic N) is 5. The number of ether oxygens (including phenoxy) is 3. The van der Waals surface area contributed by atoms with Crippen LogP contribution in [0.25, 0.3) is 27.5 Å². The molecule has 2 N–H and O–H groups in total. The molecule has 1 unspecified atom stereocenters. The Hall–Kier alpha value is -6.03. The van der Waals surface area contributed by atoms with E-state index < -0.39 is 11.6 Å². The van der Waals surface area contributed by atoms with Gasteiger partial charge in [0, 0.05) is 60.4 Å². The van der Waals surface area contributed by atoms with Gasteiger partial charge in [0.05, 0.1) is 52.9 Å². The highest BCUT2D eigenvalue weighted by Gasteiger charge is 2.42. The second kappa shape index (κ2) is 13.1. The van der Waals surface area contributed by atoms with Gasteiger partial charge in [0.25, 0.3) is 11.7 Å². The maximum absolute atomic E-state index is 15.1. The van der Waals surface area contributed by atoms with Crippen molar-refractivity contribution in [3.63, 3.8) is 0 Å². The van der Waals surface area contributed by atoms with E-state index in [0.29, 0.717) is 48.3 Å². The van der Waals surface area contributed by atoms with Crippen LogP contribution in [0.4, 0.5) is 10.1 Å². The number of aromatic amines is 1. The monoisotopic (exact) mass is 735 g/mol. The van der Waals surface area contributed by atoms with Crippen LogP contribution in [0.2, 0.25) is 0 Å². The molecule has 4 aliphatic rings. The molecule has 10 rings (SSSR count). The third kappa shape index (κ3) is 6.09. The third-order valence-electron chi connectivity index (χ3n) is 11.3. The summed E-state index contributed by atoms with van der Waals surface area (Å²) in [6, 6.07) is 23.6. The van der Waals surface area contributed by atoms with Crippen molar-refractivity contribution in [1.82, 2.24) is 24.6 Å². The Balaban J connectivity index is 0.868. The van der Waals surface area contributed by atoms with Gasteiger partial charge in [-0.15, -0.1) is 0 Å². The molecule has 4 aromatic carbocycles. The summed E-state index contributed by atoms with van der Waals surface area (Å²) in [6.07, 6.45) is 6.45. The maximum Gasteiger partial charge on any atom is 0.278 e. The van der Waals surface area contributed by atoms with Crippen molar-refractivity contribution in [3.8, 4) is 17.6 Å². The average molecular weight is 736 g/mol. The van der Waals surface area contributed by atoms with Crippen molar-refractivity contribution < 1.29 is 23.4 Å². The number of hydrogen-bond acceptors (Lipinski definition) is 8. The van der Waals surface area contributed by atoms with Crippen molar-refractivity contribution in [2.75, 3.05) is 25.0 Å². The van der Waals surface area contributed by atoms with Crippen molar-refractivity contribution in [2.24, 2.45) is 0 Å². The van der Waals surface area contributed by atoms with E-state index in [2.05, 4.69) is 31.1 Å². The van der Waals surface area contributed by atoms with Gasteiger partial charge in [0.15, 0.2) is 11.5 Å². The fraction of sp³-hybridized carbons (Fsp3) is 0.302. The molecule has 0 radical (unpaired) electrons. The summed E-state index contributed by atoms with van der Waals surface area (Å²) < 4.78 is 35.7. The predicted molar refractivity (Wildman–Crippen MR) is 204 cm³/mol. The lowest BCUT2D eigenvalue weighted by Crippen LogP contribution is -2.33. The van der Waals surface area contributed by atoms with Crippen LogP contribution in [0.3, 0.4) is 0 Å². The van der Waals surface area contributed by atoms with Crippen molar-refractivity contribution in [2.45, 2.75) is 63.5 Å². The van der Waals surface area contributed by atoms with Gasteiger partial charge in [-0.25, -0.2) is 9.37 Å². The number of para-hydroxylation sites is 1. The zero-order valence-electron chi connectivity index (χ0n) is 30.3. The normalized spacial score (nSPS) is 20.7. The standard InChI is InChI=1S/C43H38FN7O4/c1-43(33-10-5-25(22-45)19-34(33)44)54-38-4-2-3-31(41(38)55-43)26-13-16-50(17-14-26)24-39-47-36-21-29(9-12-37(36)51(39)23-30-15-18-53-30)46-42(52)28-8-11-35-32(20-28)40(49-48-35)27-6-7-27/h2-5,8-13,19-21,27,30H,6-7,14-18,23-24H2,1H3,(H,46,52)(H,48,49)/t30-,43?/m0/s1. The molecule has 2 fully saturated rings. The lowest BCUT2D eigenvalue weighted by atomic mass is 9.98. The SMILES string of the molecule is CC1(c2ccc(C#N)cc2F)Oc2cccc(C3=CCN(Cc4nc5cc(NC(=O)c6ccc7n[nH]c(C8CC8)c7c6)ccc5n4C[C@@H]4CCO4)CC3)c2O1. The topological polar surface area (TPSA) is 130 Å². The van der Waals surface area contributed by atoms with Crippen LogP contribution in [0.15, 0.2) is 78.9 Å². The molecule has 2 aromatic heterocycles. The highest BCUT2D eigenvalue weighted by molar-refractivity contribution is 6.07. The van der Waals surface area contributed by atoms with Crippen molar-refractivity contribution in [1.29, 1.82) is 5.26 Å². The van der Waals surface area contributed by atoms with E-state index in [1.165, 1.54) is 6.07 Å². The smallest absolute Gasteiger partial charge is 0.278 e. The average Bonchev–Trinajstić information content (AvgIpc) is 3.69. The second-order valence-corrected chi connectivity index (χ2v) is 15.0. The molecule has 6 aromatic rings. The molecule has 1 saturated heterocycles. The number of fused-ring (bicyclic) bond motifs is 3. The fourth-order valence-corrected chi connectivity index (χ4v) is 8.01. The van der Waals surface area contributed by atoms with E-state index in [0.717, 1.165) is 83.4 Å². The van der Waals surface area contributed by atoms with Crippen LogP contribution < -0.4 is 14.8 Å². The Morgan fingerprint density at radius 3 is 2.73 bits per heavy atom. The van der Waals surface area contributed by atoms with Gasteiger partial charge < -0.3 is 24.1 Å². The number of aromatic nitrogens is 4. The lowest BCUT2D eigenvalue weighted by Gasteiger charge is -2.29. The first-order chi connectivity index (χ1) is 26.8. The fourth-order valence-electron chi connectivity index (χ4n) is 8.01. The quantitative estimate of drug-likeness (QED) is 0.154. The Morgan fingerprint density at radius 1 is 1.07 bits per heavy atom. The van der Waals surface area contributed by atoms with Crippen LogP contribution in [-0.4, -0.2) is 56.4 Å². The molecule has 5 heterocycles. The minimum Gasteiger partial charge on any atom is -0.444 e. The molecule has 0 spiro atoms. The first-order valence-corrected chi connectivity index (χ1v) is 18.8. The third-order valence-corrected chi connectivity index (χ3v) is 11.3. The molecule has 55 heavy (non-hydrogen) atoms. The first kappa shape index (κ1) is 33.5. The maximum atomic E-state index is 15.1. The lowest BCUT2D eigenvalue weighted by molar-refractivity contribution is -0.0708. The van der Waals surface area contributed by atoms with Gasteiger partial charge in [-0.1, -0.05) is 18.2 Å². The predicted octanol–water partition coefficient (Wildman–Crippen LogP) is 7.78. The molecule has 1 saturated carbocycles. The van der Waals surface area contributed by atoms with E-state index >= 15 is 4.39 Å². The van der Waals surface area contributed by atoms with Gasteiger partial charge in [-0.05, 0) is 91.9 Å². The van der Waals surface area contributed by atoms with E-state index in [1.54, 1.807) is 19.1 Å². The number of nitriles is 1. The summed E-state index contributed by atoms with van der Waals surface area (Å²) in [5, 5.41) is 20.9. The molecular formula is C43H38FN7O4. The van der Waals surface area contributed by atoms with Crippen LogP contribution in [0.5, 0.6) is 11.5 Å². The van der Waals surface area contributed by atoms with Gasteiger partial charge >= 0.3 is 0 Å². The molecule has 11 nitrogen and oxygen atoms in total. The Bertz CT molecular complexity index is 2600. The number of halogens is 1. The minimum absolute atomic E-state index is 0.146. The van der Waals surface area contributed by atoms with E-state index in [9.17, 15) is 10.1 Å². The highest BCUT2D eigenvalue weighted by atomic mass is 19.1. The summed E-state index contributed by atoms with van der Waals surface area (Å²) in [5.41, 5.74) is 7.63. The number of amides is 1. The number of carbonyl (C=O) groups excluding carboxylic acids is 1. The van der Waals surface area contributed by atoms with Crippen LogP contribution in [0.1, 0.15) is 77.1 Å². The number of imidazole rings is 1. The molecule has 2 atom stereocenters. The highest BCUT2D eigenvalue weighted by Crippen LogP contribution is 2.49. The number of benzene rings is 4. The van der Waals surface area contributed by atoms with E-state index in [-0.39, 0.29) is 23.1 Å². The molecule has 0 bridgehead atoms. The Morgan fingerprint density at radius 2 is 1.96 bits per heavy atom. The number of rotatable bonds is 9. The van der Waals surface area contributed by atoms with Crippen LogP contribution >= 0.6 is 0 Å². The van der Waals surface area contributed by atoms with Gasteiger partial charge in [-0.2, -0.15) is 10.4 Å². The number of carbonyl (C=O) groups is 1. The van der Waals surface area contributed by atoms with Crippen molar-refractivity contribution in [3.05, 3.63) is 118 Å². The summed E-state index contributed by atoms with van der Waals surface area (Å²) in [6.45, 7) is 5.33. The Kier molecular flexibility index (Phi) is 7.97. The van der Waals surface area contributed by atoms with Gasteiger partial charge in [0.2, 0.25) is 0 Å². The molecule has 12 heteroatoms. The first-order valence-electron chi connectivity index (χ1n) is 18.8. The molecular weight excluding hydrogens is 698 g/mol. The summed E-state index contributed by atoms with van der Waals surface area (Å²) in [7, 11) is 0. The van der Waals surface area contributed by atoms with Gasteiger partial charge in [-0.3, -0.25) is 14.8 Å². The zero-order valence-corrected chi connectivity index (χ0v) is 30.3. The molecule has 3 aliphatic heterocycles. The largest absolute Gasteiger partial charge is 0.444 e. The van der Waals surface area contributed by atoms with Crippen LogP contribution in [0, 0.1) is 17.1 Å². The summed E-state index contributed by atoms with van der Waals surface area (Å²) in [5.74, 6) is 0.503. The van der Waals surface area contributed by atoms with E-state index in [1.807, 2.05) is 60.7 Å². The number of anilines is 1. The molecule has 1 aliphatic carbocycles. The molecule has 276 valence electrons. The number of nitrogens with one attached hydrogen (secondary N) is 2. The van der Waals surface area contributed by atoms with E-state index in [4.69, 9.17) is 19.2 Å². The second-order valence-electron chi connectivity index (χ2n) is 15.0. The Labute approximate surface area is 316 Å².